The van der Waals surface area contributed by atoms with Crippen molar-refractivity contribution >= 4 is 11.0 Å². The van der Waals surface area contributed by atoms with E-state index in [4.69, 9.17) is 0 Å². The fourth-order valence-electron chi connectivity index (χ4n) is 3.51. The first-order chi connectivity index (χ1) is 13.3. The Morgan fingerprint density at radius 1 is 0.926 bits per heavy atom. The molecule has 0 aliphatic carbocycles. The van der Waals surface area contributed by atoms with Crippen LogP contribution in [0.25, 0.3) is 11.0 Å². The highest BCUT2D eigenvalue weighted by Crippen LogP contribution is 2.14. The monoisotopic (exact) mass is 370 g/mol. The number of aromatic nitrogens is 2. The second kappa shape index (κ2) is 13.5. The number of nitrogens with zero attached hydrogens (tertiary/aromatic N) is 1. The zero-order chi connectivity index (χ0) is 19.2. The predicted octanol–water partition coefficient (Wildman–Crippen LogP) is 6.72. The number of para-hydroxylation sites is 2. The van der Waals surface area contributed by atoms with Crippen LogP contribution in [0.1, 0.15) is 89.8 Å². The molecule has 0 radical (unpaired) electrons. The van der Waals surface area contributed by atoms with Crippen LogP contribution >= 0.6 is 0 Å². The van der Waals surface area contributed by atoms with Gasteiger partial charge < -0.3 is 10.1 Å². The summed E-state index contributed by atoms with van der Waals surface area (Å²) in [7, 11) is 0. The Balaban J connectivity index is 1.42. The summed E-state index contributed by atoms with van der Waals surface area (Å²) in [6.45, 7) is 2.24. The van der Waals surface area contributed by atoms with Crippen molar-refractivity contribution in [3.8, 4) is 0 Å². The number of nitrogens with one attached hydrogen (secondary N) is 1. The number of aliphatic hydroxyl groups is 1. The molecule has 0 fully saturated rings. The second-order valence-corrected chi connectivity index (χ2v) is 7.71. The second-order valence-electron chi connectivity index (χ2n) is 7.71. The number of H-pyrrole nitrogens is 1. The van der Waals surface area contributed by atoms with Gasteiger partial charge in [-0.15, -0.1) is 0 Å². The van der Waals surface area contributed by atoms with Crippen LogP contribution in [-0.2, 0) is 6.42 Å². The minimum Gasteiger partial charge on any atom is -0.393 e. The van der Waals surface area contributed by atoms with E-state index in [9.17, 15) is 5.11 Å². The van der Waals surface area contributed by atoms with Gasteiger partial charge in [-0.1, -0.05) is 69.7 Å². The van der Waals surface area contributed by atoms with Crippen LogP contribution in [0.3, 0.4) is 0 Å². The average molecular weight is 371 g/mol. The molecule has 1 aromatic carbocycles. The predicted molar refractivity (Wildman–Crippen MR) is 116 cm³/mol. The maximum Gasteiger partial charge on any atom is 0.107 e. The fraction of sp³-hybridized carbons (Fsp3) is 0.625. The van der Waals surface area contributed by atoms with Crippen LogP contribution in [-0.4, -0.2) is 21.2 Å². The molecule has 0 saturated heterocycles. The summed E-state index contributed by atoms with van der Waals surface area (Å²) in [5, 5.41) is 10.1. The van der Waals surface area contributed by atoms with Crippen molar-refractivity contribution in [1.29, 1.82) is 0 Å². The number of benzene rings is 1. The van der Waals surface area contributed by atoms with Gasteiger partial charge in [-0.2, -0.15) is 0 Å². The third kappa shape index (κ3) is 9.23. The van der Waals surface area contributed by atoms with Gasteiger partial charge in [0.2, 0.25) is 0 Å². The highest BCUT2D eigenvalue weighted by Gasteiger charge is 2.04. The molecular weight excluding hydrogens is 332 g/mol. The first-order valence-electron chi connectivity index (χ1n) is 11.1. The van der Waals surface area contributed by atoms with E-state index in [0.717, 1.165) is 49.0 Å². The van der Waals surface area contributed by atoms with Crippen molar-refractivity contribution in [1.82, 2.24) is 9.97 Å². The molecule has 2 N–H and O–H groups in total. The van der Waals surface area contributed by atoms with Gasteiger partial charge in [0.15, 0.2) is 0 Å². The van der Waals surface area contributed by atoms with E-state index in [2.05, 4.69) is 41.2 Å². The van der Waals surface area contributed by atoms with E-state index >= 15 is 0 Å². The molecule has 0 unspecified atom stereocenters. The van der Waals surface area contributed by atoms with Crippen LogP contribution in [0, 0.1) is 0 Å². The highest BCUT2D eigenvalue weighted by atomic mass is 16.3. The topological polar surface area (TPSA) is 48.9 Å². The Morgan fingerprint density at radius 3 is 2.56 bits per heavy atom. The van der Waals surface area contributed by atoms with Crippen molar-refractivity contribution in [2.24, 2.45) is 0 Å². The van der Waals surface area contributed by atoms with Crippen LogP contribution in [0.4, 0.5) is 0 Å². The van der Waals surface area contributed by atoms with Gasteiger partial charge in [-0.3, -0.25) is 0 Å². The number of rotatable bonds is 15. The molecule has 150 valence electrons. The zero-order valence-corrected chi connectivity index (χ0v) is 17.1. The lowest BCUT2D eigenvalue weighted by molar-refractivity contribution is 0.152. The molecule has 2 rings (SSSR count). The standard InChI is InChI=1S/C24H38N2O/c1-2-3-4-5-6-8-11-16-21(27)17-12-9-7-10-13-20-24-25-22-18-14-15-19-23(22)26-24/h6,8,14-15,18-19,21,27H,2-5,7,9-13,16-17,20H2,1H3,(H,25,26)/b8-6-/t21-/m0/s1. The molecule has 0 spiro atoms. The van der Waals surface area contributed by atoms with Crippen LogP contribution < -0.4 is 0 Å². The normalized spacial score (nSPS) is 13.0. The van der Waals surface area contributed by atoms with Crippen LogP contribution in [0.5, 0.6) is 0 Å². The number of aromatic amines is 1. The van der Waals surface area contributed by atoms with Crippen molar-refractivity contribution in [3.05, 3.63) is 42.2 Å². The lowest BCUT2D eigenvalue weighted by Crippen LogP contribution is -2.05. The third-order valence-electron chi connectivity index (χ3n) is 5.20. The Bertz CT molecular complexity index is 614. The molecule has 27 heavy (non-hydrogen) atoms. The van der Waals surface area contributed by atoms with E-state index in [1.807, 2.05) is 12.1 Å². The molecule has 1 atom stereocenters. The molecule has 0 bridgehead atoms. The molecule has 0 aliphatic heterocycles. The lowest BCUT2D eigenvalue weighted by atomic mass is 10.0. The van der Waals surface area contributed by atoms with E-state index in [-0.39, 0.29) is 6.10 Å². The molecule has 0 saturated carbocycles. The number of aliphatic hydroxyl groups excluding tert-OH is 1. The first-order valence-corrected chi connectivity index (χ1v) is 11.1. The van der Waals surface area contributed by atoms with Gasteiger partial charge in [0, 0.05) is 6.42 Å². The van der Waals surface area contributed by atoms with E-state index < -0.39 is 0 Å². The molecule has 1 aromatic heterocycles. The Hall–Kier alpha value is -1.61. The number of hydrogen-bond donors (Lipinski definition) is 2. The third-order valence-corrected chi connectivity index (χ3v) is 5.20. The van der Waals surface area contributed by atoms with Crippen molar-refractivity contribution in [3.63, 3.8) is 0 Å². The number of hydrogen-bond acceptors (Lipinski definition) is 2. The molecule has 0 aliphatic rings. The largest absolute Gasteiger partial charge is 0.393 e. The van der Waals surface area contributed by atoms with E-state index in [0.29, 0.717) is 0 Å². The fourth-order valence-corrected chi connectivity index (χ4v) is 3.51. The van der Waals surface area contributed by atoms with Crippen molar-refractivity contribution in [2.75, 3.05) is 0 Å². The Kier molecular flexibility index (Phi) is 10.9. The maximum absolute atomic E-state index is 10.1. The summed E-state index contributed by atoms with van der Waals surface area (Å²) >= 11 is 0. The Morgan fingerprint density at radius 2 is 1.70 bits per heavy atom. The van der Waals surface area contributed by atoms with Gasteiger partial charge in [0.05, 0.1) is 17.1 Å². The number of allylic oxidation sites excluding steroid dienone is 2. The number of unbranched alkanes of at least 4 members (excludes halogenated alkanes) is 7. The van der Waals surface area contributed by atoms with Crippen molar-refractivity contribution < 1.29 is 5.11 Å². The van der Waals surface area contributed by atoms with Gasteiger partial charge in [0.25, 0.3) is 0 Å². The summed E-state index contributed by atoms with van der Waals surface area (Å²) in [6, 6.07) is 8.22. The molecule has 2 aromatic rings. The quantitative estimate of drug-likeness (QED) is 0.270. The smallest absolute Gasteiger partial charge is 0.107 e. The summed E-state index contributed by atoms with van der Waals surface area (Å²) in [5.41, 5.74) is 2.20. The highest BCUT2D eigenvalue weighted by molar-refractivity contribution is 5.74. The lowest BCUT2D eigenvalue weighted by Gasteiger charge is -2.08. The molecule has 3 nitrogen and oxygen atoms in total. The molecular formula is C24H38N2O. The number of aryl methyl sites for hydroxylation is 1. The SMILES string of the molecule is CCCCC/C=C\CC[C@H](O)CCCCCCCc1nc2ccccc2[nH]1. The van der Waals surface area contributed by atoms with E-state index in [1.54, 1.807) is 0 Å². The minimum atomic E-state index is -0.124. The molecule has 1 heterocycles. The zero-order valence-electron chi connectivity index (χ0n) is 17.1. The van der Waals surface area contributed by atoms with Crippen molar-refractivity contribution in [2.45, 2.75) is 96.5 Å². The average Bonchev–Trinajstić information content (AvgIpc) is 3.09. The Labute approximate surface area is 165 Å². The summed E-state index contributed by atoms with van der Waals surface area (Å²) < 4.78 is 0. The molecule has 0 amide bonds. The van der Waals surface area contributed by atoms with E-state index in [1.165, 1.54) is 51.4 Å². The van der Waals surface area contributed by atoms with Gasteiger partial charge in [-0.25, -0.2) is 4.98 Å². The van der Waals surface area contributed by atoms with Gasteiger partial charge in [0.1, 0.15) is 5.82 Å². The first kappa shape index (κ1) is 21.7. The molecule has 3 heteroatoms. The summed E-state index contributed by atoms with van der Waals surface area (Å²) in [5.74, 6) is 1.11. The maximum atomic E-state index is 10.1. The number of imidazole rings is 1. The van der Waals surface area contributed by atoms with Gasteiger partial charge >= 0.3 is 0 Å². The summed E-state index contributed by atoms with van der Waals surface area (Å²) in [4.78, 5) is 8.03. The minimum absolute atomic E-state index is 0.124. The van der Waals surface area contributed by atoms with Crippen LogP contribution in [0.2, 0.25) is 0 Å². The summed E-state index contributed by atoms with van der Waals surface area (Å²) in [6.07, 6.45) is 19.5. The number of fused-ring (bicyclic) bond motifs is 1. The van der Waals surface area contributed by atoms with Gasteiger partial charge in [-0.05, 0) is 50.7 Å². The van der Waals surface area contributed by atoms with Crippen LogP contribution in [0.15, 0.2) is 36.4 Å².